The van der Waals surface area contributed by atoms with Gasteiger partial charge in [-0.15, -0.1) is 0 Å². The van der Waals surface area contributed by atoms with E-state index in [4.69, 9.17) is 0 Å². The third-order valence-corrected chi connectivity index (χ3v) is 3.90. The Labute approximate surface area is 140 Å². The highest BCUT2D eigenvalue weighted by atomic mass is 32.2. The van der Waals surface area contributed by atoms with Gasteiger partial charge in [0, 0.05) is 24.8 Å². The van der Waals surface area contributed by atoms with Crippen LogP contribution in [-0.4, -0.2) is 36.4 Å². The molecule has 23 heavy (non-hydrogen) atoms. The number of hydrogen-bond donors (Lipinski definition) is 1. The first-order chi connectivity index (χ1) is 10.9. The van der Waals surface area contributed by atoms with Gasteiger partial charge in [0.1, 0.15) is 0 Å². The van der Waals surface area contributed by atoms with Crippen molar-refractivity contribution in [3.63, 3.8) is 0 Å². The molecule has 1 aromatic rings. The highest BCUT2D eigenvalue weighted by Gasteiger charge is 2.16. The highest BCUT2D eigenvalue weighted by molar-refractivity contribution is 8.13. The van der Waals surface area contributed by atoms with Gasteiger partial charge in [0.25, 0.3) is 0 Å². The molecule has 0 saturated heterocycles. The lowest BCUT2D eigenvalue weighted by atomic mass is 10.1. The Bertz CT molecular complexity index is 584. The van der Waals surface area contributed by atoms with E-state index in [1.165, 1.54) is 14.0 Å². The van der Waals surface area contributed by atoms with Crippen LogP contribution in [0.25, 0.3) is 6.08 Å². The fourth-order valence-corrected chi connectivity index (χ4v) is 2.32. The van der Waals surface area contributed by atoms with Gasteiger partial charge in [-0.3, -0.25) is 14.4 Å². The molecule has 0 heterocycles. The maximum absolute atomic E-state index is 12.3. The normalized spacial score (nSPS) is 12.4. The molecule has 1 rings (SSSR count). The first-order valence-electron chi connectivity index (χ1n) is 7.19. The fourth-order valence-electron chi connectivity index (χ4n) is 1.75. The molecule has 1 amide bonds. The minimum Gasteiger partial charge on any atom is -0.469 e. The Morgan fingerprint density at radius 1 is 1.26 bits per heavy atom. The summed E-state index contributed by atoms with van der Waals surface area (Å²) in [5, 5.41) is 2.65. The predicted octanol–water partition coefficient (Wildman–Crippen LogP) is 2.28. The molecule has 0 aliphatic carbocycles. The first kappa shape index (κ1) is 19.0. The average Bonchev–Trinajstić information content (AvgIpc) is 2.56. The molecule has 5 nitrogen and oxygen atoms in total. The van der Waals surface area contributed by atoms with Crippen molar-refractivity contribution < 1.29 is 19.1 Å². The van der Waals surface area contributed by atoms with Crippen LogP contribution >= 0.6 is 11.8 Å². The minimum absolute atomic E-state index is 0.0558. The van der Waals surface area contributed by atoms with Crippen LogP contribution in [0.2, 0.25) is 0 Å². The van der Waals surface area contributed by atoms with Gasteiger partial charge in [-0.2, -0.15) is 0 Å². The average molecular weight is 335 g/mol. The largest absolute Gasteiger partial charge is 0.469 e. The molecule has 1 N–H and O–H groups in total. The van der Waals surface area contributed by atoms with Crippen molar-refractivity contribution in [2.75, 3.05) is 19.4 Å². The molecule has 1 aromatic carbocycles. The van der Waals surface area contributed by atoms with Crippen molar-refractivity contribution in [3.8, 4) is 0 Å². The standard InChI is InChI=1S/C17H21NO4S/c1-12(17(21)22-3)10-18-16(20)15(11-23-13(2)19)9-14-7-5-4-6-8-14/h4-9,12H,10-11H2,1-3H3,(H,18,20)/b15-9-. The Balaban J connectivity index is 2.78. The van der Waals surface area contributed by atoms with E-state index in [1.807, 2.05) is 30.3 Å². The zero-order chi connectivity index (χ0) is 17.2. The lowest BCUT2D eigenvalue weighted by Gasteiger charge is -2.12. The number of nitrogens with one attached hydrogen (secondary N) is 1. The van der Waals surface area contributed by atoms with Crippen LogP contribution in [-0.2, 0) is 19.1 Å². The van der Waals surface area contributed by atoms with Crippen LogP contribution in [0, 0.1) is 5.92 Å². The molecule has 1 atom stereocenters. The number of carbonyl (C=O) groups is 3. The number of ether oxygens (including phenoxy) is 1. The van der Waals surface area contributed by atoms with Gasteiger partial charge in [-0.25, -0.2) is 0 Å². The molecule has 124 valence electrons. The molecule has 0 aromatic heterocycles. The summed E-state index contributed by atoms with van der Waals surface area (Å²) in [5.74, 6) is -0.819. The molecular formula is C17H21NO4S. The lowest BCUT2D eigenvalue weighted by Crippen LogP contribution is -2.33. The van der Waals surface area contributed by atoms with Crippen LogP contribution in [0.3, 0.4) is 0 Å². The topological polar surface area (TPSA) is 72.5 Å². The van der Waals surface area contributed by atoms with Crippen molar-refractivity contribution in [2.24, 2.45) is 5.92 Å². The van der Waals surface area contributed by atoms with E-state index < -0.39 is 5.92 Å². The lowest BCUT2D eigenvalue weighted by molar-refractivity contribution is -0.144. The van der Waals surface area contributed by atoms with E-state index in [1.54, 1.807) is 13.0 Å². The smallest absolute Gasteiger partial charge is 0.310 e. The van der Waals surface area contributed by atoms with Gasteiger partial charge >= 0.3 is 5.97 Å². The summed E-state index contributed by atoms with van der Waals surface area (Å²) < 4.78 is 4.63. The minimum atomic E-state index is -0.428. The van der Waals surface area contributed by atoms with E-state index in [9.17, 15) is 14.4 Å². The van der Waals surface area contributed by atoms with E-state index in [2.05, 4.69) is 10.1 Å². The maximum atomic E-state index is 12.3. The molecular weight excluding hydrogens is 314 g/mol. The predicted molar refractivity (Wildman–Crippen MR) is 91.7 cm³/mol. The third kappa shape index (κ3) is 7.15. The molecule has 0 aliphatic heterocycles. The molecule has 1 unspecified atom stereocenters. The van der Waals surface area contributed by atoms with Gasteiger partial charge in [-0.05, 0) is 11.6 Å². The number of hydrogen-bond acceptors (Lipinski definition) is 5. The number of carbonyl (C=O) groups excluding carboxylic acids is 3. The second kappa shape index (κ2) is 9.84. The number of esters is 1. The fraction of sp³-hybridized carbons (Fsp3) is 0.353. The Morgan fingerprint density at radius 3 is 2.48 bits per heavy atom. The summed E-state index contributed by atoms with van der Waals surface area (Å²) >= 11 is 1.07. The van der Waals surface area contributed by atoms with Gasteiger partial charge in [0.05, 0.1) is 13.0 Å². The van der Waals surface area contributed by atoms with Gasteiger partial charge in [0.15, 0.2) is 5.12 Å². The summed E-state index contributed by atoms with van der Waals surface area (Å²) in [6, 6.07) is 9.39. The number of benzene rings is 1. The zero-order valence-electron chi connectivity index (χ0n) is 13.5. The number of amides is 1. The summed E-state index contributed by atoms with van der Waals surface area (Å²) in [5.41, 5.74) is 1.36. The first-order valence-corrected chi connectivity index (χ1v) is 8.17. The van der Waals surface area contributed by atoms with Crippen molar-refractivity contribution in [3.05, 3.63) is 41.5 Å². The number of rotatable bonds is 7. The van der Waals surface area contributed by atoms with E-state index in [0.717, 1.165) is 17.3 Å². The van der Waals surface area contributed by atoms with Crippen LogP contribution in [0.1, 0.15) is 19.4 Å². The Morgan fingerprint density at radius 2 is 1.91 bits per heavy atom. The Kier molecular flexibility index (Phi) is 8.11. The van der Waals surface area contributed by atoms with Gasteiger partial charge in [-0.1, -0.05) is 49.0 Å². The highest BCUT2D eigenvalue weighted by Crippen LogP contribution is 2.14. The molecule has 0 saturated carbocycles. The summed E-state index contributed by atoms with van der Waals surface area (Å²) in [7, 11) is 1.31. The summed E-state index contributed by atoms with van der Waals surface area (Å²) in [4.78, 5) is 34.8. The van der Waals surface area contributed by atoms with Crippen molar-refractivity contribution in [2.45, 2.75) is 13.8 Å². The molecule has 0 aliphatic rings. The van der Waals surface area contributed by atoms with E-state index >= 15 is 0 Å². The number of methoxy groups -OCH3 is 1. The monoisotopic (exact) mass is 335 g/mol. The van der Waals surface area contributed by atoms with Crippen molar-refractivity contribution >= 4 is 34.8 Å². The summed E-state index contributed by atoms with van der Waals surface area (Å²) in [6.45, 7) is 3.32. The molecule has 0 fully saturated rings. The van der Waals surface area contributed by atoms with Crippen molar-refractivity contribution in [1.29, 1.82) is 0 Å². The van der Waals surface area contributed by atoms with Crippen LogP contribution in [0.5, 0.6) is 0 Å². The molecule has 0 spiro atoms. The number of thioether (sulfide) groups is 1. The maximum Gasteiger partial charge on any atom is 0.310 e. The Hall–Kier alpha value is -2.08. The van der Waals surface area contributed by atoms with E-state index in [-0.39, 0.29) is 29.3 Å². The summed E-state index contributed by atoms with van der Waals surface area (Å²) in [6.07, 6.45) is 1.74. The van der Waals surface area contributed by atoms with Crippen LogP contribution in [0.4, 0.5) is 0 Å². The van der Waals surface area contributed by atoms with Crippen LogP contribution in [0.15, 0.2) is 35.9 Å². The molecule has 6 heteroatoms. The van der Waals surface area contributed by atoms with Crippen LogP contribution < -0.4 is 5.32 Å². The third-order valence-electron chi connectivity index (χ3n) is 3.04. The van der Waals surface area contributed by atoms with E-state index in [0.29, 0.717) is 5.57 Å². The second-order valence-corrected chi connectivity index (χ2v) is 6.15. The van der Waals surface area contributed by atoms with Gasteiger partial charge < -0.3 is 10.1 Å². The second-order valence-electron chi connectivity index (χ2n) is 4.99. The van der Waals surface area contributed by atoms with Gasteiger partial charge in [0.2, 0.25) is 5.91 Å². The molecule has 0 radical (unpaired) electrons. The quantitative estimate of drug-likeness (QED) is 0.611. The zero-order valence-corrected chi connectivity index (χ0v) is 14.3. The molecule has 0 bridgehead atoms. The van der Waals surface area contributed by atoms with Crippen molar-refractivity contribution in [1.82, 2.24) is 5.32 Å². The SMILES string of the molecule is COC(=O)C(C)CNC(=O)/C(=C\c1ccccc1)CSC(C)=O.